The van der Waals surface area contributed by atoms with Crippen molar-refractivity contribution in [3.8, 4) is 22.7 Å². The van der Waals surface area contributed by atoms with Gasteiger partial charge in [0.1, 0.15) is 11.4 Å². The first-order chi connectivity index (χ1) is 16.1. The Morgan fingerprint density at radius 2 is 1.68 bits per heavy atom. The topological polar surface area (TPSA) is 94.9 Å². The average molecular weight is 467 g/mol. The Bertz CT molecular complexity index is 1130. The molecule has 0 spiro atoms. The summed E-state index contributed by atoms with van der Waals surface area (Å²) in [5, 5.41) is 8.40. The Morgan fingerprint density at radius 1 is 1.03 bits per heavy atom. The number of benzene rings is 2. The molecule has 180 valence electrons. The highest BCUT2D eigenvalue weighted by atomic mass is 16.7. The van der Waals surface area contributed by atoms with Crippen molar-refractivity contribution < 1.29 is 23.9 Å². The maximum atomic E-state index is 12.7. The van der Waals surface area contributed by atoms with Crippen LogP contribution in [0.3, 0.4) is 0 Å². The molecule has 0 aliphatic heterocycles. The molecule has 9 nitrogen and oxygen atoms in total. The van der Waals surface area contributed by atoms with Crippen molar-refractivity contribution in [3.63, 3.8) is 0 Å². The van der Waals surface area contributed by atoms with E-state index < -0.39 is 11.7 Å². The molecule has 0 atom stereocenters. The van der Waals surface area contributed by atoms with Crippen molar-refractivity contribution in [3.05, 3.63) is 65.9 Å². The van der Waals surface area contributed by atoms with Crippen LogP contribution >= 0.6 is 0 Å². The minimum atomic E-state index is -0.556. The van der Waals surface area contributed by atoms with Gasteiger partial charge in [0.2, 0.25) is 0 Å². The van der Waals surface area contributed by atoms with Crippen LogP contribution in [0.2, 0.25) is 0 Å². The van der Waals surface area contributed by atoms with Gasteiger partial charge < -0.3 is 14.8 Å². The number of carbonyl (C=O) groups is 2. The van der Waals surface area contributed by atoms with Crippen molar-refractivity contribution >= 4 is 12.0 Å². The molecule has 9 heteroatoms. The van der Waals surface area contributed by atoms with Crippen LogP contribution in [0.4, 0.5) is 4.79 Å². The second-order valence-electron chi connectivity index (χ2n) is 8.56. The molecule has 3 rings (SSSR count). The Labute approximate surface area is 199 Å². The van der Waals surface area contributed by atoms with Gasteiger partial charge in [0.05, 0.1) is 25.6 Å². The molecule has 0 bridgehead atoms. The predicted molar refractivity (Wildman–Crippen MR) is 128 cm³/mol. The summed E-state index contributed by atoms with van der Waals surface area (Å²) in [4.78, 5) is 29.6. The minimum Gasteiger partial charge on any atom is -0.497 e. The number of hydrogen-bond donors (Lipinski definition) is 1. The van der Waals surface area contributed by atoms with Crippen LogP contribution in [0, 0.1) is 0 Å². The molecular formula is C25H30N4O5. The van der Waals surface area contributed by atoms with Crippen molar-refractivity contribution in [2.24, 2.45) is 0 Å². The summed E-state index contributed by atoms with van der Waals surface area (Å²) in [6.45, 7) is 5.78. The third kappa shape index (κ3) is 6.14. The van der Waals surface area contributed by atoms with E-state index >= 15 is 0 Å². The lowest BCUT2D eigenvalue weighted by Crippen LogP contribution is -2.32. The van der Waals surface area contributed by atoms with E-state index in [2.05, 4.69) is 10.4 Å². The summed E-state index contributed by atoms with van der Waals surface area (Å²) < 4.78 is 12.2. The third-order valence-electron chi connectivity index (χ3n) is 4.89. The van der Waals surface area contributed by atoms with Crippen molar-refractivity contribution in [2.45, 2.75) is 32.9 Å². The van der Waals surface area contributed by atoms with Gasteiger partial charge in [0, 0.05) is 19.2 Å². The van der Waals surface area contributed by atoms with Crippen molar-refractivity contribution in [2.75, 3.05) is 21.3 Å². The monoisotopic (exact) mass is 466 g/mol. The number of amides is 2. The van der Waals surface area contributed by atoms with Crippen LogP contribution in [0.15, 0.2) is 54.6 Å². The molecule has 0 aliphatic rings. The molecule has 2 amide bonds. The summed E-state index contributed by atoms with van der Waals surface area (Å²) in [7, 11) is 4.55. The van der Waals surface area contributed by atoms with Crippen molar-refractivity contribution in [1.82, 2.24) is 20.2 Å². The fourth-order valence-corrected chi connectivity index (χ4v) is 3.14. The molecule has 0 saturated heterocycles. The Hall–Kier alpha value is -3.85. The van der Waals surface area contributed by atoms with Crippen LogP contribution < -0.4 is 10.1 Å². The van der Waals surface area contributed by atoms with Gasteiger partial charge in [0.25, 0.3) is 5.91 Å². The number of aromatic nitrogens is 2. The summed E-state index contributed by atoms with van der Waals surface area (Å²) in [6, 6.07) is 16.7. The molecular weight excluding hydrogens is 436 g/mol. The predicted octanol–water partition coefficient (Wildman–Crippen LogP) is 4.21. The summed E-state index contributed by atoms with van der Waals surface area (Å²) in [6.07, 6.45) is -0.473. The van der Waals surface area contributed by atoms with Gasteiger partial charge in [-0.3, -0.25) is 9.63 Å². The zero-order valence-corrected chi connectivity index (χ0v) is 20.3. The van der Waals surface area contributed by atoms with Crippen LogP contribution in [0.1, 0.15) is 36.8 Å². The number of nitrogens with zero attached hydrogens (tertiary/aromatic N) is 3. The second kappa shape index (κ2) is 10.4. The lowest BCUT2D eigenvalue weighted by Gasteiger charge is -2.19. The molecule has 3 aromatic rings. The van der Waals surface area contributed by atoms with Crippen LogP contribution in [-0.2, 0) is 16.1 Å². The minimum absolute atomic E-state index is 0.242. The van der Waals surface area contributed by atoms with E-state index in [1.807, 2.05) is 69.3 Å². The quantitative estimate of drug-likeness (QED) is 0.524. The van der Waals surface area contributed by atoms with E-state index in [0.29, 0.717) is 6.54 Å². The Morgan fingerprint density at radius 3 is 2.24 bits per heavy atom. The number of rotatable bonds is 7. The van der Waals surface area contributed by atoms with Gasteiger partial charge in [-0.05, 0) is 56.7 Å². The molecule has 2 aromatic carbocycles. The first-order valence-electron chi connectivity index (χ1n) is 10.7. The molecule has 1 heterocycles. The Balaban J connectivity index is 1.88. The van der Waals surface area contributed by atoms with Crippen LogP contribution in [0.5, 0.6) is 5.75 Å². The highest BCUT2D eigenvalue weighted by Gasteiger charge is 2.20. The summed E-state index contributed by atoms with van der Waals surface area (Å²) in [5.74, 6) is 0.351. The van der Waals surface area contributed by atoms with E-state index in [1.165, 1.54) is 14.2 Å². The van der Waals surface area contributed by atoms with Crippen LogP contribution in [0.25, 0.3) is 16.9 Å². The average Bonchev–Trinajstić information content (AvgIpc) is 3.26. The second-order valence-corrected chi connectivity index (χ2v) is 8.56. The number of hydroxylamine groups is 2. The molecule has 0 unspecified atom stereocenters. The maximum absolute atomic E-state index is 12.7. The van der Waals surface area contributed by atoms with Gasteiger partial charge in [0.15, 0.2) is 5.69 Å². The van der Waals surface area contributed by atoms with E-state index in [9.17, 15) is 9.59 Å². The zero-order valence-electron chi connectivity index (χ0n) is 20.3. The lowest BCUT2D eigenvalue weighted by molar-refractivity contribution is -0.0760. The molecule has 0 fully saturated rings. The van der Waals surface area contributed by atoms with E-state index in [4.69, 9.17) is 14.3 Å². The molecule has 1 N–H and O–H groups in total. The molecule has 34 heavy (non-hydrogen) atoms. The highest BCUT2D eigenvalue weighted by Crippen LogP contribution is 2.26. The fraction of sp³-hybridized carbons (Fsp3) is 0.320. The number of methoxy groups -OCH3 is 1. The number of nitrogens with one attached hydrogen (secondary N) is 1. The van der Waals surface area contributed by atoms with Gasteiger partial charge in [-0.2, -0.15) is 5.10 Å². The smallest absolute Gasteiger partial charge is 0.407 e. The largest absolute Gasteiger partial charge is 0.497 e. The van der Waals surface area contributed by atoms with Crippen LogP contribution in [-0.4, -0.2) is 53.7 Å². The highest BCUT2D eigenvalue weighted by molar-refractivity contribution is 5.92. The van der Waals surface area contributed by atoms with Gasteiger partial charge in [-0.25, -0.2) is 14.5 Å². The summed E-state index contributed by atoms with van der Waals surface area (Å²) >= 11 is 0. The lowest BCUT2D eigenvalue weighted by atomic mass is 10.1. The van der Waals surface area contributed by atoms with Gasteiger partial charge in [-0.15, -0.1) is 0 Å². The normalized spacial score (nSPS) is 11.1. The molecule has 0 aliphatic carbocycles. The van der Waals surface area contributed by atoms with E-state index in [1.54, 1.807) is 17.9 Å². The van der Waals surface area contributed by atoms with Gasteiger partial charge in [-0.1, -0.05) is 24.3 Å². The van der Waals surface area contributed by atoms with E-state index in [0.717, 1.165) is 33.3 Å². The van der Waals surface area contributed by atoms with Gasteiger partial charge >= 0.3 is 6.09 Å². The molecule has 0 radical (unpaired) electrons. The number of hydrogen-bond acceptors (Lipinski definition) is 6. The summed E-state index contributed by atoms with van der Waals surface area (Å²) in [5.41, 5.74) is 2.94. The number of alkyl carbamates (subject to hydrolysis) is 1. The molecule has 0 saturated carbocycles. The first kappa shape index (κ1) is 24.8. The Kier molecular flexibility index (Phi) is 7.57. The first-order valence-corrected chi connectivity index (χ1v) is 10.7. The number of carbonyl (C=O) groups excluding carboxylic acids is 2. The standard InChI is InChI=1S/C25H30N4O5/c1-25(2,3)34-24(31)26-16-17-7-9-18(10-8-17)22-15-21(23(30)28(4)33-6)27-29(22)19-11-13-20(32-5)14-12-19/h7-15H,16H2,1-6H3,(H,26,31). The molecule has 1 aromatic heterocycles. The SMILES string of the molecule is COc1ccc(-n2nc(C(=O)N(C)OC)cc2-c2ccc(CNC(=O)OC(C)(C)C)cc2)cc1. The fourth-order valence-electron chi connectivity index (χ4n) is 3.14. The third-order valence-corrected chi connectivity index (χ3v) is 4.89. The van der Waals surface area contributed by atoms with E-state index in [-0.39, 0.29) is 11.6 Å². The zero-order chi connectivity index (χ0) is 24.9. The van der Waals surface area contributed by atoms with Crippen molar-refractivity contribution in [1.29, 1.82) is 0 Å². The number of ether oxygens (including phenoxy) is 2. The maximum Gasteiger partial charge on any atom is 0.407 e.